The van der Waals surface area contributed by atoms with Crippen LogP contribution in [0, 0.1) is 11.3 Å². The summed E-state index contributed by atoms with van der Waals surface area (Å²) in [5.74, 6) is 0.960. The number of rotatable bonds is 3. The van der Waals surface area contributed by atoms with Crippen molar-refractivity contribution in [1.82, 2.24) is 5.32 Å². The predicted molar refractivity (Wildman–Crippen MR) is 70.6 cm³/mol. The highest BCUT2D eigenvalue weighted by Gasteiger charge is 2.39. The maximum absolute atomic E-state index is 3.68. The molecule has 2 aliphatic rings. The summed E-state index contributed by atoms with van der Waals surface area (Å²) in [4.78, 5) is 0. The molecule has 0 heterocycles. The minimum Gasteiger partial charge on any atom is -0.316 e. The van der Waals surface area contributed by atoms with Crippen LogP contribution in [0.3, 0.4) is 0 Å². The van der Waals surface area contributed by atoms with Gasteiger partial charge in [-0.3, -0.25) is 0 Å². The molecule has 1 heteroatoms. The number of hydrogen-bond acceptors (Lipinski definition) is 1. The molecule has 0 aromatic heterocycles. The van der Waals surface area contributed by atoms with Crippen molar-refractivity contribution in [3.05, 3.63) is 0 Å². The fraction of sp³-hybridized carbons (Fsp3) is 1.00. The van der Waals surface area contributed by atoms with Gasteiger partial charge in [-0.1, -0.05) is 45.4 Å². The average molecular weight is 223 g/mol. The fourth-order valence-corrected chi connectivity index (χ4v) is 4.29. The van der Waals surface area contributed by atoms with E-state index >= 15 is 0 Å². The SMILES string of the molecule is CNC(C1CCCCC1)C1(C)CCCCC1. The molecule has 1 unspecified atom stereocenters. The molecule has 0 saturated heterocycles. The van der Waals surface area contributed by atoms with Crippen LogP contribution in [0.5, 0.6) is 0 Å². The lowest BCUT2D eigenvalue weighted by Gasteiger charge is -2.45. The van der Waals surface area contributed by atoms with Gasteiger partial charge in [-0.15, -0.1) is 0 Å². The molecule has 16 heavy (non-hydrogen) atoms. The van der Waals surface area contributed by atoms with Gasteiger partial charge in [0.1, 0.15) is 0 Å². The molecular formula is C15H29N. The Morgan fingerprint density at radius 1 is 0.938 bits per heavy atom. The number of hydrogen-bond donors (Lipinski definition) is 1. The van der Waals surface area contributed by atoms with Crippen LogP contribution in [-0.2, 0) is 0 Å². The van der Waals surface area contributed by atoms with Crippen LogP contribution < -0.4 is 5.32 Å². The van der Waals surface area contributed by atoms with E-state index in [1.807, 2.05) is 0 Å². The van der Waals surface area contributed by atoms with Gasteiger partial charge >= 0.3 is 0 Å². The van der Waals surface area contributed by atoms with Crippen LogP contribution in [0.4, 0.5) is 0 Å². The first-order chi connectivity index (χ1) is 7.76. The van der Waals surface area contributed by atoms with E-state index in [9.17, 15) is 0 Å². The van der Waals surface area contributed by atoms with E-state index in [0.29, 0.717) is 5.41 Å². The monoisotopic (exact) mass is 223 g/mol. The van der Waals surface area contributed by atoms with Crippen molar-refractivity contribution in [2.45, 2.75) is 77.2 Å². The molecule has 2 aliphatic carbocycles. The highest BCUT2D eigenvalue weighted by molar-refractivity contribution is 4.94. The minimum absolute atomic E-state index is 0.592. The van der Waals surface area contributed by atoms with Gasteiger partial charge in [-0.2, -0.15) is 0 Å². The zero-order valence-electron chi connectivity index (χ0n) is 11.2. The summed E-state index contributed by atoms with van der Waals surface area (Å²) in [5.41, 5.74) is 0.592. The van der Waals surface area contributed by atoms with E-state index < -0.39 is 0 Å². The maximum atomic E-state index is 3.68. The third-order valence-corrected chi connectivity index (χ3v) is 5.18. The van der Waals surface area contributed by atoms with Crippen molar-refractivity contribution in [3.63, 3.8) is 0 Å². The molecule has 0 spiro atoms. The molecule has 1 N–H and O–H groups in total. The largest absolute Gasteiger partial charge is 0.316 e. The van der Waals surface area contributed by atoms with Gasteiger partial charge in [0.2, 0.25) is 0 Å². The molecule has 2 rings (SSSR count). The molecule has 0 aromatic carbocycles. The molecular weight excluding hydrogens is 194 g/mol. The third kappa shape index (κ3) is 2.61. The average Bonchev–Trinajstić information content (AvgIpc) is 2.32. The van der Waals surface area contributed by atoms with Crippen LogP contribution >= 0.6 is 0 Å². The smallest absolute Gasteiger partial charge is 0.0146 e. The summed E-state index contributed by atoms with van der Waals surface area (Å²) < 4.78 is 0. The molecule has 0 amide bonds. The molecule has 1 nitrogen and oxygen atoms in total. The number of nitrogens with one attached hydrogen (secondary N) is 1. The molecule has 0 bridgehead atoms. The Kier molecular flexibility index (Phi) is 4.29. The summed E-state index contributed by atoms with van der Waals surface area (Å²) in [6, 6.07) is 0.785. The van der Waals surface area contributed by atoms with E-state index in [-0.39, 0.29) is 0 Å². The third-order valence-electron chi connectivity index (χ3n) is 5.18. The van der Waals surface area contributed by atoms with Gasteiger partial charge in [-0.05, 0) is 44.1 Å². The molecule has 1 atom stereocenters. The van der Waals surface area contributed by atoms with Crippen molar-refractivity contribution in [2.24, 2.45) is 11.3 Å². The highest BCUT2D eigenvalue weighted by atomic mass is 14.9. The summed E-state index contributed by atoms with van der Waals surface area (Å²) in [7, 11) is 2.19. The first-order valence-electron chi connectivity index (χ1n) is 7.43. The minimum atomic E-state index is 0.592. The van der Waals surface area contributed by atoms with Gasteiger partial charge in [0.15, 0.2) is 0 Å². The maximum Gasteiger partial charge on any atom is 0.0146 e. The topological polar surface area (TPSA) is 12.0 Å². The second kappa shape index (κ2) is 5.53. The first kappa shape index (κ1) is 12.4. The Morgan fingerprint density at radius 2 is 1.50 bits per heavy atom. The lowest BCUT2D eigenvalue weighted by molar-refractivity contribution is 0.0907. The summed E-state index contributed by atoms with van der Waals surface area (Å²) in [6.45, 7) is 2.54. The van der Waals surface area contributed by atoms with E-state index in [0.717, 1.165) is 12.0 Å². The highest BCUT2D eigenvalue weighted by Crippen LogP contribution is 2.44. The van der Waals surface area contributed by atoms with Crippen LogP contribution in [-0.4, -0.2) is 13.1 Å². The van der Waals surface area contributed by atoms with Gasteiger partial charge in [0.25, 0.3) is 0 Å². The normalized spacial score (nSPS) is 28.9. The molecule has 0 aliphatic heterocycles. The van der Waals surface area contributed by atoms with E-state index in [2.05, 4.69) is 19.3 Å². The van der Waals surface area contributed by atoms with Crippen LogP contribution in [0.25, 0.3) is 0 Å². The molecule has 2 saturated carbocycles. The van der Waals surface area contributed by atoms with Crippen LogP contribution in [0.15, 0.2) is 0 Å². The molecule has 94 valence electrons. The van der Waals surface area contributed by atoms with Crippen molar-refractivity contribution < 1.29 is 0 Å². The first-order valence-corrected chi connectivity index (χ1v) is 7.43. The summed E-state index contributed by atoms with van der Waals surface area (Å²) in [5, 5.41) is 3.68. The standard InChI is InChI=1S/C15H29N/c1-15(11-7-4-8-12-15)14(16-2)13-9-5-3-6-10-13/h13-14,16H,3-12H2,1-2H3. The summed E-state index contributed by atoms with van der Waals surface area (Å²) in [6.07, 6.45) is 14.7. The Hall–Kier alpha value is -0.0400. The predicted octanol–water partition coefficient (Wildman–Crippen LogP) is 4.13. The van der Waals surface area contributed by atoms with E-state index in [1.54, 1.807) is 0 Å². The van der Waals surface area contributed by atoms with Gasteiger partial charge in [-0.25, -0.2) is 0 Å². The van der Waals surface area contributed by atoms with Crippen molar-refractivity contribution in [2.75, 3.05) is 7.05 Å². The van der Waals surface area contributed by atoms with Gasteiger partial charge < -0.3 is 5.32 Å². The zero-order chi connectivity index (χ0) is 11.4. The van der Waals surface area contributed by atoms with Gasteiger partial charge in [0.05, 0.1) is 0 Å². The Morgan fingerprint density at radius 3 is 2.06 bits per heavy atom. The molecule has 0 radical (unpaired) electrons. The lowest BCUT2D eigenvalue weighted by Crippen LogP contribution is -2.48. The van der Waals surface area contributed by atoms with Crippen molar-refractivity contribution in [3.8, 4) is 0 Å². The second-order valence-electron chi connectivity index (χ2n) is 6.38. The second-order valence-corrected chi connectivity index (χ2v) is 6.38. The van der Waals surface area contributed by atoms with E-state index in [1.165, 1.54) is 64.2 Å². The Balaban J connectivity index is 2.01. The Bertz CT molecular complexity index is 199. The van der Waals surface area contributed by atoms with Crippen molar-refractivity contribution in [1.29, 1.82) is 0 Å². The summed E-state index contributed by atoms with van der Waals surface area (Å²) >= 11 is 0. The quantitative estimate of drug-likeness (QED) is 0.758. The molecule has 0 aromatic rings. The lowest BCUT2D eigenvalue weighted by atomic mass is 9.64. The van der Waals surface area contributed by atoms with Crippen LogP contribution in [0.2, 0.25) is 0 Å². The molecule has 2 fully saturated rings. The Labute approximate surface area is 101 Å². The van der Waals surface area contributed by atoms with E-state index in [4.69, 9.17) is 0 Å². The van der Waals surface area contributed by atoms with Crippen LogP contribution in [0.1, 0.15) is 71.1 Å². The fourth-order valence-electron chi connectivity index (χ4n) is 4.29. The van der Waals surface area contributed by atoms with Gasteiger partial charge in [0, 0.05) is 6.04 Å². The van der Waals surface area contributed by atoms with Crippen molar-refractivity contribution >= 4 is 0 Å². The zero-order valence-corrected chi connectivity index (χ0v) is 11.2.